The Morgan fingerprint density at radius 2 is 2.00 bits per heavy atom. The summed E-state index contributed by atoms with van der Waals surface area (Å²) in [6.07, 6.45) is -1.80. The standard InChI is InChI=1S/C8H5F3N2S/c9-8(10,11)6-1-3-12-7-5(6)2-4-13(7)14/h1-4,14H. The summed E-state index contributed by atoms with van der Waals surface area (Å²) >= 11 is 3.93. The Labute approximate surface area is 82.9 Å². The van der Waals surface area contributed by atoms with E-state index in [4.69, 9.17) is 0 Å². The van der Waals surface area contributed by atoms with E-state index in [0.717, 1.165) is 12.3 Å². The molecule has 2 heterocycles. The van der Waals surface area contributed by atoms with Crippen LogP contribution in [0.3, 0.4) is 0 Å². The molecule has 0 unspecified atom stereocenters. The van der Waals surface area contributed by atoms with Gasteiger partial charge in [-0.15, -0.1) is 0 Å². The maximum Gasteiger partial charge on any atom is 0.417 e. The molecule has 2 rings (SSSR count). The smallest absolute Gasteiger partial charge is 0.278 e. The van der Waals surface area contributed by atoms with Gasteiger partial charge in [-0.2, -0.15) is 13.2 Å². The number of pyridine rings is 1. The highest BCUT2D eigenvalue weighted by atomic mass is 32.1. The summed E-state index contributed by atoms with van der Waals surface area (Å²) in [6, 6.07) is 2.30. The molecule has 0 amide bonds. The van der Waals surface area contributed by atoms with E-state index in [-0.39, 0.29) is 11.0 Å². The largest absolute Gasteiger partial charge is 0.417 e. The summed E-state index contributed by atoms with van der Waals surface area (Å²) in [4.78, 5) is 3.80. The van der Waals surface area contributed by atoms with Crippen molar-refractivity contribution in [3.63, 3.8) is 0 Å². The number of fused-ring (bicyclic) bond motifs is 1. The molecule has 6 heteroatoms. The minimum absolute atomic E-state index is 0.0648. The molecule has 0 saturated heterocycles. The van der Waals surface area contributed by atoms with Gasteiger partial charge in [0.05, 0.1) is 5.56 Å². The van der Waals surface area contributed by atoms with E-state index < -0.39 is 11.7 Å². The summed E-state index contributed by atoms with van der Waals surface area (Å²) in [5.41, 5.74) is -0.474. The SMILES string of the molecule is FC(F)(F)c1ccnc2c1ccn2S. The molecule has 0 aromatic carbocycles. The molecule has 0 saturated carbocycles. The first-order valence-electron chi connectivity index (χ1n) is 3.72. The van der Waals surface area contributed by atoms with E-state index in [2.05, 4.69) is 17.8 Å². The number of hydrogen-bond acceptors (Lipinski definition) is 2. The lowest BCUT2D eigenvalue weighted by Gasteiger charge is -2.06. The van der Waals surface area contributed by atoms with E-state index in [1.54, 1.807) is 0 Å². The molecule has 74 valence electrons. The molecule has 0 fully saturated rings. The molecule has 0 spiro atoms. The number of halogens is 3. The first-order valence-corrected chi connectivity index (χ1v) is 4.12. The minimum Gasteiger partial charge on any atom is -0.278 e. The number of thiol groups is 1. The van der Waals surface area contributed by atoms with Crippen molar-refractivity contribution in [2.45, 2.75) is 6.18 Å². The molecule has 0 bridgehead atoms. The fourth-order valence-electron chi connectivity index (χ4n) is 1.27. The molecule has 0 aliphatic heterocycles. The molecule has 2 aromatic rings. The normalized spacial score (nSPS) is 12.3. The quantitative estimate of drug-likeness (QED) is 0.673. The van der Waals surface area contributed by atoms with Gasteiger partial charge >= 0.3 is 6.18 Å². The van der Waals surface area contributed by atoms with E-state index in [1.165, 1.54) is 16.2 Å². The average molecular weight is 218 g/mol. The van der Waals surface area contributed by atoms with Crippen LogP contribution in [-0.4, -0.2) is 8.96 Å². The van der Waals surface area contributed by atoms with Crippen molar-refractivity contribution < 1.29 is 13.2 Å². The van der Waals surface area contributed by atoms with Crippen molar-refractivity contribution in [2.24, 2.45) is 0 Å². The predicted molar refractivity (Wildman–Crippen MR) is 49.1 cm³/mol. The number of rotatable bonds is 0. The van der Waals surface area contributed by atoms with Gasteiger partial charge in [-0.3, -0.25) is 3.97 Å². The molecular formula is C8H5F3N2S. The third-order valence-corrected chi connectivity index (χ3v) is 2.20. The maximum absolute atomic E-state index is 12.5. The maximum atomic E-state index is 12.5. The van der Waals surface area contributed by atoms with Gasteiger partial charge in [-0.25, -0.2) is 4.98 Å². The van der Waals surface area contributed by atoms with Gasteiger partial charge in [0.15, 0.2) is 0 Å². The molecule has 2 aromatic heterocycles. The summed E-state index contributed by atoms with van der Waals surface area (Å²) < 4.78 is 38.6. The van der Waals surface area contributed by atoms with Crippen molar-refractivity contribution in [1.82, 2.24) is 8.96 Å². The van der Waals surface area contributed by atoms with Gasteiger partial charge < -0.3 is 0 Å². The molecule has 0 aliphatic rings. The minimum atomic E-state index is -4.35. The van der Waals surface area contributed by atoms with Crippen molar-refractivity contribution in [3.8, 4) is 0 Å². The van der Waals surface area contributed by atoms with Crippen LogP contribution in [0.25, 0.3) is 11.0 Å². The van der Waals surface area contributed by atoms with Gasteiger partial charge in [-0.1, -0.05) is 12.8 Å². The Balaban J connectivity index is 2.79. The van der Waals surface area contributed by atoms with Crippen molar-refractivity contribution >= 4 is 23.8 Å². The number of hydrogen-bond donors (Lipinski definition) is 1. The zero-order valence-corrected chi connectivity index (χ0v) is 7.68. The molecule has 0 atom stereocenters. The van der Waals surface area contributed by atoms with Gasteiger partial charge in [0.25, 0.3) is 0 Å². The summed E-state index contributed by atoms with van der Waals surface area (Å²) in [5, 5.41) is 0.0648. The van der Waals surface area contributed by atoms with E-state index in [0.29, 0.717) is 0 Å². The van der Waals surface area contributed by atoms with Crippen LogP contribution in [-0.2, 0) is 6.18 Å². The number of alkyl halides is 3. The molecule has 0 N–H and O–H groups in total. The fourth-order valence-corrected chi connectivity index (χ4v) is 1.50. The zero-order chi connectivity index (χ0) is 10.3. The second-order valence-electron chi connectivity index (χ2n) is 2.75. The molecule has 14 heavy (non-hydrogen) atoms. The van der Waals surface area contributed by atoms with Crippen LogP contribution in [0.15, 0.2) is 24.5 Å². The van der Waals surface area contributed by atoms with Crippen molar-refractivity contribution in [3.05, 3.63) is 30.1 Å². The Kier molecular flexibility index (Phi) is 1.95. The summed E-state index contributed by atoms with van der Waals surface area (Å²) in [5.74, 6) is 0. The lowest BCUT2D eigenvalue weighted by atomic mass is 10.2. The second kappa shape index (κ2) is 2.91. The van der Waals surface area contributed by atoms with Crippen LogP contribution in [0.4, 0.5) is 13.2 Å². The second-order valence-corrected chi connectivity index (χ2v) is 3.18. The Hall–Kier alpha value is -1.17. The number of aromatic nitrogens is 2. The third-order valence-electron chi connectivity index (χ3n) is 1.87. The Morgan fingerprint density at radius 1 is 1.29 bits per heavy atom. The summed E-state index contributed by atoms with van der Waals surface area (Å²) in [6.45, 7) is 0. The van der Waals surface area contributed by atoms with Crippen LogP contribution in [0.2, 0.25) is 0 Å². The van der Waals surface area contributed by atoms with E-state index >= 15 is 0 Å². The van der Waals surface area contributed by atoms with Gasteiger partial charge in [-0.05, 0) is 12.1 Å². The first kappa shape index (κ1) is 9.39. The van der Waals surface area contributed by atoms with Gasteiger partial charge in [0, 0.05) is 17.8 Å². The van der Waals surface area contributed by atoms with Crippen LogP contribution in [0, 0.1) is 0 Å². The Morgan fingerprint density at radius 3 is 2.64 bits per heavy atom. The molecule has 0 radical (unpaired) electrons. The van der Waals surface area contributed by atoms with E-state index in [9.17, 15) is 13.2 Å². The van der Waals surface area contributed by atoms with Gasteiger partial charge in [0.2, 0.25) is 0 Å². The van der Waals surface area contributed by atoms with Crippen LogP contribution in [0.1, 0.15) is 5.56 Å². The van der Waals surface area contributed by atoms with Crippen molar-refractivity contribution in [1.29, 1.82) is 0 Å². The monoisotopic (exact) mass is 218 g/mol. The van der Waals surface area contributed by atoms with E-state index in [1.807, 2.05) is 0 Å². The molecule has 0 aliphatic carbocycles. The average Bonchev–Trinajstić information content (AvgIpc) is 2.46. The zero-order valence-electron chi connectivity index (χ0n) is 6.78. The van der Waals surface area contributed by atoms with Gasteiger partial charge in [0.1, 0.15) is 5.65 Å². The fraction of sp³-hybridized carbons (Fsp3) is 0.125. The third kappa shape index (κ3) is 1.35. The molecular weight excluding hydrogens is 213 g/mol. The lowest BCUT2D eigenvalue weighted by molar-refractivity contribution is -0.136. The number of nitrogens with zero attached hydrogens (tertiary/aromatic N) is 2. The highest BCUT2D eigenvalue weighted by Crippen LogP contribution is 2.34. The summed E-state index contributed by atoms with van der Waals surface area (Å²) in [7, 11) is 0. The van der Waals surface area contributed by atoms with Crippen LogP contribution < -0.4 is 0 Å². The van der Waals surface area contributed by atoms with Crippen molar-refractivity contribution in [2.75, 3.05) is 0 Å². The lowest BCUT2D eigenvalue weighted by Crippen LogP contribution is -2.05. The van der Waals surface area contributed by atoms with Crippen LogP contribution >= 0.6 is 12.8 Å². The topological polar surface area (TPSA) is 17.8 Å². The molecule has 2 nitrogen and oxygen atoms in total. The predicted octanol–water partition coefficient (Wildman–Crippen LogP) is 2.75. The highest BCUT2D eigenvalue weighted by Gasteiger charge is 2.33. The Bertz CT molecular complexity index is 475. The first-order chi connectivity index (χ1) is 6.50. The highest BCUT2D eigenvalue weighted by molar-refractivity contribution is 7.78. The van der Waals surface area contributed by atoms with Crippen LogP contribution in [0.5, 0.6) is 0 Å².